The third-order valence-corrected chi connectivity index (χ3v) is 5.74. The number of nitrogens with zero attached hydrogens (tertiary/aromatic N) is 3. The van der Waals surface area contributed by atoms with Crippen LogP contribution in [-0.2, 0) is 10.0 Å². The van der Waals surface area contributed by atoms with Gasteiger partial charge in [0.25, 0.3) is 0 Å². The second-order valence-corrected chi connectivity index (χ2v) is 7.13. The smallest absolute Gasteiger partial charge is 0.244 e. The maximum atomic E-state index is 12.6. The molecule has 7 heteroatoms. The summed E-state index contributed by atoms with van der Waals surface area (Å²) in [7, 11) is -1.68. The predicted molar refractivity (Wildman–Crippen MR) is 77.0 cm³/mol. The fourth-order valence-electron chi connectivity index (χ4n) is 2.17. The van der Waals surface area contributed by atoms with Crippen LogP contribution in [0.2, 0.25) is 5.02 Å². The Bertz CT molecular complexity index is 640. The number of sulfonamides is 1. The van der Waals surface area contributed by atoms with Gasteiger partial charge in [0, 0.05) is 19.6 Å². The lowest BCUT2D eigenvalue weighted by Crippen LogP contribution is -2.34. The Morgan fingerprint density at radius 3 is 2.70 bits per heavy atom. The summed E-state index contributed by atoms with van der Waals surface area (Å²) < 4.78 is 26.7. The van der Waals surface area contributed by atoms with Gasteiger partial charge in [0.1, 0.15) is 4.90 Å². The molecule has 1 saturated heterocycles. The molecule has 1 aromatic carbocycles. The highest BCUT2D eigenvalue weighted by atomic mass is 35.5. The van der Waals surface area contributed by atoms with Crippen LogP contribution in [0.25, 0.3) is 0 Å². The lowest BCUT2D eigenvalue weighted by molar-refractivity contribution is 0.347. The molecule has 1 aliphatic rings. The lowest BCUT2D eigenvalue weighted by Gasteiger charge is -2.20. The van der Waals surface area contributed by atoms with Gasteiger partial charge in [-0.2, -0.15) is 9.57 Å². The molecule has 5 nitrogen and oxygen atoms in total. The van der Waals surface area contributed by atoms with Gasteiger partial charge in [-0.1, -0.05) is 11.6 Å². The third kappa shape index (κ3) is 3.13. The Balaban J connectivity index is 2.37. The van der Waals surface area contributed by atoms with Crippen molar-refractivity contribution in [3.8, 4) is 6.07 Å². The highest BCUT2D eigenvalue weighted by Gasteiger charge is 2.28. The molecule has 0 spiro atoms. The number of halogens is 1. The largest absolute Gasteiger partial charge is 0.305 e. The lowest BCUT2D eigenvalue weighted by atomic mass is 10.2. The predicted octanol–water partition coefficient (Wildman–Crippen LogP) is 1.54. The second-order valence-electron chi connectivity index (χ2n) is 4.82. The molecule has 20 heavy (non-hydrogen) atoms. The van der Waals surface area contributed by atoms with Gasteiger partial charge >= 0.3 is 0 Å². The maximum Gasteiger partial charge on any atom is 0.244 e. The van der Waals surface area contributed by atoms with E-state index in [1.807, 2.05) is 13.1 Å². The molecule has 108 valence electrons. The van der Waals surface area contributed by atoms with Crippen LogP contribution in [-0.4, -0.2) is 50.8 Å². The van der Waals surface area contributed by atoms with Crippen molar-refractivity contribution in [1.82, 2.24) is 9.21 Å². The van der Waals surface area contributed by atoms with E-state index in [0.717, 1.165) is 13.0 Å². The quantitative estimate of drug-likeness (QED) is 0.831. The van der Waals surface area contributed by atoms with Gasteiger partial charge in [-0.15, -0.1) is 0 Å². The molecule has 0 N–H and O–H groups in total. The van der Waals surface area contributed by atoms with Gasteiger partial charge < -0.3 is 4.90 Å². The third-order valence-electron chi connectivity index (χ3n) is 3.36. The summed E-state index contributed by atoms with van der Waals surface area (Å²) >= 11 is 6.00. The number of benzene rings is 1. The summed E-state index contributed by atoms with van der Waals surface area (Å²) in [4.78, 5) is 2.12. The van der Waals surface area contributed by atoms with E-state index in [4.69, 9.17) is 16.9 Å². The zero-order chi connectivity index (χ0) is 14.8. The van der Waals surface area contributed by atoms with Crippen LogP contribution < -0.4 is 0 Å². The Hall–Kier alpha value is -1.13. The molecule has 1 aromatic rings. The molecule has 0 radical (unpaired) electrons. The van der Waals surface area contributed by atoms with Crippen molar-refractivity contribution in [2.24, 2.45) is 0 Å². The summed E-state index contributed by atoms with van der Waals surface area (Å²) in [6.07, 6.45) is 0.783. The van der Waals surface area contributed by atoms with Crippen LogP contribution in [0.1, 0.15) is 12.0 Å². The zero-order valence-electron chi connectivity index (χ0n) is 11.2. The number of rotatable bonds is 2. The summed E-state index contributed by atoms with van der Waals surface area (Å²) in [6, 6.07) is 6.25. The molecule has 0 aliphatic carbocycles. The van der Waals surface area contributed by atoms with E-state index in [-0.39, 0.29) is 9.92 Å². The van der Waals surface area contributed by atoms with Crippen LogP contribution in [0.4, 0.5) is 0 Å². The van der Waals surface area contributed by atoms with Crippen molar-refractivity contribution < 1.29 is 8.42 Å². The standard InChI is InChI=1S/C13H16ClN3O2S/c1-16-5-2-6-17(8-7-16)20(18,19)13-9-11(10-15)3-4-12(13)14/h3-4,9H,2,5-8H2,1H3. The van der Waals surface area contributed by atoms with Crippen LogP contribution >= 0.6 is 11.6 Å². The minimum absolute atomic E-state index is 0.0165. The van der Waals surface area contributed by atoms with Crippen molar-refractivity contribution in [2.45, 2.75) is 11.3 Å². The van der Waals surface area contributed by atoms with E-state index in [9.17, 15) is 8.42 Å². The van der Waals surface area contributed by atoms with Gasteiger partial charge in [-0.25, -0.2) is 8.42 Å². The van der Waals surface area contributed by atoms with E-state index >= 15 is 0 Å². The minimum atomic E-state index is -3.65. The summed E-state index contributed by atoms with van der Waals surface area (Å²) in [5.41, 5.74) is 0.292. The monoisotopic (exact) mass is 313 g/mol. The highest BCUT2D eigenvalue weighted by Crippen LogP contribution is 2.26. The van der Waals surface area contributed by atoms with Crippen LogP contribution in [0.3, 0.4) is 0 Å². The zero-order valence-corrected chi connectivity index (χ0v) is 12.8. The molecule has 0 amide bonds. The average molecular weight is 314 g/mol. The molecule has 0 saturated carbocycles. The molecule has 0 unspecified atom stereocenters. The van der Waals surface area contributed by atoms with Gasteiger partial charge in [-0.3, -0.25) is 0 Å². The molecule has 1 aliphatic heterocycles. The highest BCUT2D eigenvalue weighted by molar-refractivity contribution is 7.89. The maximum absolute atomic E-state index is 12.6. The molecule has 2 rings (SSSR count). The molecule has 1 fully saturated rings. The van der Waals surface area contributed by atoms with E-state index in [1.54, 1.807) is 0 Å². The van der Waals surface area contributed by atoms with E-state index in [0.29, 0.717) is 25.2 Å². The van der Waals surface area contributed by atoms with Crippen molar-refractivity contribution >= 4 is 21.6 Å². The van der Waals surface area contributed by atoms with Gasteiger partial charge in [-0.05, 0) is 38.2 Å². The van der Waals surface area contributed by atoms with E-state index < -0.39 is 10.0 Å². The second kappa shape index (κ2) is 6.10. The van der Waals surface area contributed by atoms with Crippen molar-refractivity contribution in [3.63, 3.8) is 0 Å². The molecule has 1 heterocycles. The molecule has 0 aromatic heterocycles. The SMILES string of the molecule is CN1CCCN(S(=O)(=O)c2cc(C#N)ccc2Cl)CC1. The Kier molecular flexibility index (Phi) is 4.66. The minimum Gasteiger partial charge on any atom is -0.305 e. The number of hydrogen-bond donors (Lipinski definition) is 0. The van der Waals surface area contributed by atoms with Crippen molar-refractivity contribution in [3.05, 3.63) is 28.8 Å². The molecular weight excluding hydrogens is 298 g/mol. The number of nitriles is 1. The summed E-state index contributed by atoms with van der Waals surface area (Å²) in [5, 5.41) is 9.05. The van der Waals surface area contributed by atoms with Crippen molar-refractivity contribution in [2.75, 3.05) is 33.2 Å². The first-order valence-electron chi connectivity index (χ1n) is 6.33. The van der Waals surface area contributed by atoms with E-state index in [1.165, 1.54) is 22.5 Å². The number of hydrogen-bond acceptors (Lipinski definition) is 4. The van der Waals surface area contributed by atoms with Gasteiger partial charge in [0.15, 0.2) is 0 Å². The average Bonchev–Trinajstić information content (AvgIpc) is 2.64. The normalized spacial score (nSPS) is 18.4. The number of likely N-dealkylation sites (N-methyl/N-ethyl adjacent to an activating group) is 1. The topological polar surface area (TPSA) is 64.4 Å². The Morgan fingerprint density at radius 1 is 1.25 bits per heavy atom. The van der Waals surface area contributed by atoms with Crippen LogP contribution in [0.5, 0.6) is 0 Å². The first-order valence-corrected chi connectivity index (χ1v) is 8.15. The van der Waals surface area contributed by atoms with Crippen LogP contribution in [0, 0.1) is 11.3 Å². The van der Waals surface area contributed by atoms with Gasteiger partial charge in [0.05, 0.1) is 16.7 Å². The molecule has 0 atom stereocenters. The first-order chi connectivity index (χ1) is 9.45. The fourth-order valence-corrected chi connectivity index (χ4v) is 4.14. The molecule has 0 bridgehead atoms. The van der Waals surface area contributed by atoms with Crippen LogP contribution in [0.15, 0.2) is 23.1 Å². The van der Waals surface area contributed by atoms with Crippen molar-refractivity contribution in [1.29, 1.82) is 5.26 Å². The summed E-state index contributed by atoms with van der Waals surface area (Å²) in [6.45, 7) is 2.47. The Labute approximate surface area is 124 Å². The van der Waals surface area contributed by atoms with Gasteiger partial charge in [0.2, 0.25) is 10.0 Å². The molecular formula is C13H16ClN3O2S. The summed E-state index contributed by atoms with van der Waals surface area (Å²) in [5.74, 6) is 0. The van der Waals surface area contributed by atoms with E-state index in [2.05, 4.69) is 4.90 Å². The Morgan fingerprint density at radius 2 is 2.00 bits per heavy atom. The fraction of sp³-hybridized carbons (Fsp3) is 0.462. The first kappa shape index (κ1) is 15.3.